The van der Waals surface area contributed by atoms with Crippen LogP contribution in [0.2, 0.25) is 0 Å². The van der Waals surface area contributed by atoms with Gasteiger partial charge in [-0.1, -0.05) is 5.16 Å². The van der Waals surface area contributed by atoms with Crippen molar-refractivity contribution in [2.75, 3.05) is 0 Å². The summed E-state index contributed by atoms with van der Waals surface area (Å²) >= 11 is 2.99. The van der Waals surface area contributed by atoms with Crippen molar-refractivity contribution in [3.8, 4) is 0 Å². The number of aromatic carboxylic acids is 1. The van der Waals surface area contributed by atoms with Crippen molar-refractivity contribution in [3.05, 3.63) is 15.9 Å². The Morgan fingerprint density at radius 3 is 2.73 bits per heavy atom. The number of carbonyl (C=O) groups is 1. The van der Waals surface area contributed by atoms with Crippen LogP contribution in [0.5, 0.6) is 0 Å². The number of carboxylic acid groups (broad SMARTS) is 1. The van der Waals surface area contributed by atoms with Gasteiger partial charge in [0, 0.05) is 0 Å². The topological polar surface area (TPSA) is 89.4 Å². The van der Waals surface area contributed by atoms with Gasteiger partial charge in [-0.05, 0) is 15.9 Å². The molecule has 1 aromatic rings. The van der Waals surface area contributed by atoms with E-state index in [0.29, 0.717) is 10.2 Å². The maximum Gasteiger partial charge on any atom is 0.359 e. The lowest BCUT2D eigenvalue weighted by Crippen LogP contribution is -1.98. The van der Waals surface area contributed by atoms with Crippen LogP contribution in [0.15, 0.2) is 9.00 Å². The molecule has 0 bridgehead atoms. The molecule has 1 aromatic heterocycles. The van der Waals surface area contributed by atoms with Gasteiger partial charge >= 0.3 is 5.97 Å². The van der Waals surface area contributed by atoms with Crippen LogP contribution in [-0.2, 0) is 6.54 Å². The molecule has 1 heterocycles. The van der Waals surface area contributed by atoms with E-state index in [-0.39, 0.29) is 12.2 Å². The Hall–Kier alpha value is -0.880. The third kappa shape index (κ3) is 1.41. The van der Waals surface area contributed by atoms with Crippen LogP contribution >= 0.6 is 15.9 Å². The summed E-state index contributed by atoms with van der Waals surface area (Å²) in [7, 11) is 0. The highest BCUT2D eigenvalue weighted by molar-refractivity contribution is 9.10. The van der Waals surface area contributed by atoms with Crippen molar-refractivity contribution in [3.63, 3.8) is 0 Å². The first-order valence-electron chi connectivity index (χ1n) is 2.74. The summed E-state index contributed by atoms with van der Waals surface area (Å²) in [6.07, 6.45) is 0. The van der Waals surface area contributed by atoms with Gasteiger partial charge in [0.1, 0.15) is 0 Å². The number of carboxylic acids is 1. The van der Waals surface area contributed by atoms with Gasteiger partial charge in [-0.3, -0.25) is 0 Å². The number of nitrogens with two attached hydrogens (primary N) is 1. The van der Waals surface area contributed by atoms with Gasteiger partial charge in [0.15, 0.2) is 5.76 Å². The number of hydrogen-bond donors (Lipinski definition) is 2. The molecule has 0 saturated carbocycles. The van der Waals surface area contributed by atoms with Crippen LogP contribution in [0.3, 0.4) is 0 Å². The smallest absolute Gasteiger partial charge is 0.359 e. The molecule has 0 atom stereocenters. The SMILES string of the molecule is NCc1onc(C(=O)O)c1Br. The van der Waals surface area contributed by atoms with E-state index in [9.17, 15) is 4.79 Å². The third-order valence-electron chi connectivity index (χ3n) is 1.09. The molecule has 0 aromatic carbocycles. The second-order valence-corrected chi connectivity index (χ2v) is 2.57. The number of rotatable bonds is 2. The maximum absolute atomic E-state index is 10.4. The lowest BCUT2D eigenvalue weighted by molar-refractivity contribution is 0.0685. The first kappa shape index (κ1) is 8.22. The van der Waals surface area contributed by atoms with Gasteiger partial charge in [0.05, 0.1) is 11.0 Å². The Bertz CT molecular complexity index is 283. The zero-order chi connectivity index (χ0) is 8.43. The molecule has 6 heteroatoms. The highest BCUT2D eigenvalue weighted by Crippen LogP contribution is 2.20. The van der Waals surface area contributed by atoms with Crippen molar-refractivity contribution >= 4 is 21.9 Å². The van der Waals surface area contributed by atoms with Crippen molar-refractivity contribution in [2.45, 2.75) is 6.54 Å². The van der Waals surface area contributed by atoms with Crippen molar-refractivity contribution in [1.82, 2.24) is 5.16 Å². The minimum atomic E-state index is -1.14. The summed E-state index contributed by atoms with van der Waals surface area (Å²) in [6.45, 7) is 0.126. The van der Waals surface area contributed by atoms with Crippen LogP contribution in [0, 0.1) is 0 Å². The summed E-state index contributed by atoms with van der Waals surface area (Å²) in [5, 5.41) is 11.8. The summed E-state index contributed by atoms with van der Waals surface area (Å²) in [5.41, 5.74) is 5.06. The van der Waals surface area contributed by atoms with Gasteiger partial charge in [-0.25, -0.2) is 4.79 Å². The molecule has 0 aliphatic carbocycles. The second-order valence-electron chi connectivity index (χ2n) is 1.78. The number of halogens is 1. The Labute approximate surface area is 70.3 Å². The van der Waals surface area contributed by atoms with Gasteiger partial charge in [0.2, 0.25) is 5.69 Å². The van der Waals surface area contributed by atoms with Crippen LogP contribution in [-0.4, -0.2) is 16.2 Å². The third-order valence-corrected chi connectivity index (χ3v) is 1.91. The molecule has 1 rings (SSSR count). The summed E-state index contributed by atoms with van der Waals surface area (Å²) in [6, 6.07) is 0. The first-order valence-corrected chi connectivity index (χ1v) is 3.53. The number of hydrogen-bond acceptors (Lipinski definition) is 4. The van der Waals surface area contributed by atoms with Gasteiger partial charge in [-0.2, -0.15) is 0 Å². The fourth-order valence-corrected chi connectivity index (χ4v) is 1.05. The molecule has 0 amide bonds. The molecule has 0 radical (unpaired) electrons. The fourth-order valence-electron chi connectivity index (χ4n) is 0.573. The van der Waals surface area contributed by atoms with E-state index >= 15 is 0 Å². The summed E-state index contributed by atoms with van der Waals surface area (Å²) < 4.78 is 4.92. The molecule has 0 saturated heterocycles. The zero-order valence-electron chi connectivity index (χ0n) is 5.37. The monoisotopic (exact) mass is 220 g/mol. The molecule has 0 fully saturated rings. The fraction of sp³-hybridized carbons (Fsp3) is 0.200. The molecule has 3 N–H and O–H groups in total. The van der Waals surface area contributed by atoms with E-state index in [1.54, 1.807) is 0 Å². The molecular formula is C5H5BrN2O3. The normalized spacial score (nSPS) is 10.0. The van der Waals surface area contributed by atoms with Gasteiger partial charge < -0.3 is 15.4 Å². The molecule has 60 valence electrons. The van der Waals surface area contributed by atoms with E-state index in [1.807, 2.05) is 0 Å². The van der Waals surface area contributed by atoms with Gasteiger partial charge in [0.25, 0.3) is 0 Å². The molecule has 5 nitrogen and oxygen atoms in total. The zero-order valence-corrected chi connectivity index (χ0v) is 6.96. The quantitative estimate of drug-likeness (QED) is 0.762. The van der Waals surface area contributed by atoms with Crippen molar-refractivity contribution in [2.24, 2.45) is 5.73 Å². The van der Waals surface area contributed by atoms with Crippen LogP contribution in [0.4, 0.5) is 0 Å². The molecular weight excluding hydrogens is 216 g/mol. The molecule has 0 aliphatic rings. The van der Waals surface area contributed by atoms with Crippen LogP contribution < -0.4 is 5.73 Å². The van der Waals surface area contributed by atoms with Crippen molar-refractivity contribution in [1.29, 1.82) is 0 Å². The number of nitrogens with zero attached hydrogens (tertiary/aromatic N) is 1. The largest absolute Gasteiger partial charge is 0.476 e. The minimum Gasteiger partial charge on any atom is -0.476 e. The van der Waals surface area contributed by atoms with Crippen LogP contribution in [0.25, 0.3) is 0 Å². The van der Waals surface area contributed by atoms with E-state index < -0.39 is 5.97 Å². The maximum atomic E-state index is 10.4. The minimum absolute atomic E-state index is 0.126. The Balaban J connectivity index is 3.10. The van der Waals surface area contributed by atoms with Crippen molar-refractivity contribution < 1.29 is 14.4 Å². The van der Waals surface area contributed by atoms with E-state index in [4.69, 9.17) is 10.8 Å². The standard InChI is InChI=1S/C5H5BrN2O3/c6-3-2(1-7)11-8-4(3)5(9)10/h1,7H2,(H,9,10). The Morgan fingerprint density at radius 1 is 1.82 bits per heavy atom. The van der Waals surface area contributed by atoms with E-state index in [1.165, 1.54) is 0 Å². The summed E-state index contributed by atoms with van der Waals surface area (Å²) in [4.78, 5) is 10.4. The Morgan fingerprint density at radius 2 is 2.45 bits per heavy atom. The predicted molar refractivity (Wildman–Crippen MR) is 39.1 cm³/mol. The van der Waals surface area contributed by atoms with E-state index in [0.717, 1.165) is 0 Å². The molecule has 0 aliphatic heterocycles. The lowest BCUT2D eigenvalue weighted by Gasteiger charge is -1.86. The molecule has 0 unspecified atom stereocenters. The summed E-state index contributed by atoms with van der Waals surface area (Å²) in [5.74, 6) is -0.803. The van der Waals surface area contributed by atoms with E-state index in [2.05, 4.69) is 25.6 Å². The molecule has 11 heavy (non-hydrogen) atoms. The number of aromatic nitrogens is 1. The average molecular weight is 221 g/mol. The lowest BCUT2D eigenvalue weighted by atomic mass is 10.4. The van der Waals surface area contributed by atoms with Gasteiger partial charge in [-0.15, -0.1) is 0 Å². The van der Waals surface area contributed by atoms with Crippen LogP contribution in [0.1, 0.15) is 16.2 Å². The highest BCUT2D eigenvalue weighted by Gasteiger charge is 2.17. The molecule has 0 spiro atoms. The second kappa shape index (κ2) is 3.02. The highest BCUT2D eigenvalue weighted by atomic mass is 79.9. The average Bonchev–Trinajstić information content (AvgIpc) is 2.30. The first-order chi connectivity index (χ1) is 5.16. The Kier molecular flexibility index (Phi) is 2.25. The predicted octanol–water partition coefficient (Wildman–Crippen LogP) is 0.594.